The monoisotopic (exact) mass is 440 g/mol. The van der Waals surface area contributed by atoms with Gasteiger partial charge in [0.1, 0.15) is 17.5 Å². The normalized spacial score (nSPS) is 43.2. The molecule has 1 aromatic rings. The number of carbonyl (C=O) groups excluding carboxylic acids is 1. The highest BCUT2D eigenvalue weighted by Crippen LogP contribution is 2.70. The third kappa shape index (κ3) is 2.95. The fourth-order valence-electron chi connectivity index (χ4n) is 7.72. The Balaban J connectivity index is 1.13. The third-order valence-corrected chi connectivity index (χ3v) is 9.44. The average molecular weight is 441 g/mol. The van der Waals surface area contributed by atoms with E-state index in [2.05, 4.69) is 35.8 Å². The molecule has 0 bridgehead atoms. The molecule has 0 radical (unpaired) electrons. The summed E-state index contributed by atoms with van der Waals surface area (Å²) in [5.41, 5.74) is 1.35. The van der Waals surface area contributed by atoms with Crippen LogP contribution in [0, 0.1) is 23.2 Å². The number of ether oxygens (including phenoxy) is 3. The molecule has 1 spiro atoms. The molecule has 6 rings (SSSR count). The summed E-state index contributed by atoms with van der Waals surface area (Å²) in [5.74, 6) is 1.66. The number of fused-ring (bicyclic) bond motifs is 2. The van der Waals surface area contributed by atoms with Crippen molar-refractivity contribution in [2.75, 3.05) is 44.7 Å². The second-order valence-electron chi connectivity index (χ2n) is 11.0. The van der Waals surface area contributed by atoms with E-state index in [1.165, 1.54) is 24.9 Å². The Labute approximate surface area is 191 Å². The van der Waals surface area contributed by atoms with Crippen LogP contribution in [0.3, 0.4) is 0 Å². The zero-order chi connectivity index (χ0) is 22.1. The summed E-state index contributed by atoms with van der Waals surface area (Å²) in [6.07, 6.45) is 4.94. The van der Waals surface area contributed by atoms with Crippen molar-refractivity contribution >= 4 is 11.7 Å². The predicted octanol–water partition coefficient (Wildman–Crippen LogP) is 3.34. The van der Waals surface area contributed by atoms with E-state index >= 15 is 0 Å². The quantitative estimate of drug-likeness (QED) is 0.529. The van der Waals surface area contributed by atoms with Crippen LogP contribution in [0.4, 0.5) is 5.69 Å². The first-order chi connectivity index (χ1) is 15.4. The lowest BCUT2D eigenvalue weighted by Crippen LogP contribution is -2.55. The van der Waals surface area contributed by atoms with Crippen molar-refractivity contribution in [2.24, 2.45) is 23.2 Å². The maximum absolute atomic E-state index is 13.0. The summed E-state index contributed by atoms with van der Waals surface area (Å²) < 4.78 is 18.0. The predicted molar refractivity (Wildman–Crippen MR) is 122 cm³/mol. The van der Waals surface area contributed by atoms with Crippen molar-refractivity contribution in [2.45, 2.75) is 57.3 Å². The van der Waals surface area contributed by atoms with E-state index in [1.807, 2.05) is 12.1 Å². The zero-order valence-electron chi connectivity index (χ0n) is 19.6. The van der Waals surface area contributed by atoms with Gasteiger partial charge >= 0.3 is 5.97 Å². The SMILES string of the molecule is COc1cccc(N2CCN(CC3C(=O)O[C@@H]4C[C@@]5(C)CCC[C@H](C)[C@@]56O[C@H]6[C@H]34)CC2)c1. The van der Waals surface area contributed by atoms with Crippen LogP contribution < -0.4 is 9.64 Å². The molecule has 32 heavy (non-hydrogen) atoms. The second-order valence-corrected chi connectivity index (χ2v) is 11.0. The third-order valence-electron chi connectivity index (χ3n) is 9.44. The Morgan fingerprint density at radius 1 is 1.22 bits per heavy atom. The van der Waals surface area contributed by atoms with Gasteiger partial charge in [-0.3, -0.25) is 9.69 Å². The summed E-state index contributed by atoms with van der Waals surface area (Å²) >= 11 is 0. The van der Waals surface area contributed by atoms with E-state index in [-0.39, 0.29) is 41.0 Å². The number of epoxide rings is 1. The van der Waals surface area contributed by atoms with Crippen molar-refractivity contribution in [3.05, 3.63) is 24.3 Å². The Bertz CT molecular complexity index is 900. The molecule has 7 atom stereocenters. The number of benzene rings is 1. The first kappa shape index (κ1) is 20.8. The number of rotatable bonds is 4. The number of carbonyl (C=O) groups is 1. The number of piperazine rings is 1. The highest BCUT2D eigenvalue weighted by molar-refractivity contribution is 5.76. The molecule has 2 aliphatic carbocycles. The maximum Gasteiger partial charge on any atom is 0.311 e. The maximum atomic E-state index is 13.0. The van der Waals surface area contributed by atoms with Gasteiger partial charge in [0.2, 0.25) is 0 Å². The minimum absolute atomic E-state index is 0.00998. The second kappa shape index (κ2) is 7.36. The fraction of sp³-hybridized carbons (Fsp3) is 0.731. The van der Waals surface area contributed by atoms with Crippen molar-refractivity contribution in [3.63, 3.8) is 0 Å². The van der Waals surface area contributed by atoms with Crippen LogP contribution in [0.2, 0.25) is 0 Å². The molecule has 174 valence electrons. The number of hydrogen-bond donors (Lipinski definition) is 0. The number of anilines is 1. The van der Waals surface area contributed by atoms with Crippen LogP contribution in [0.5, 0.6) is 5.75 Å². The highest BCUT2D eigenvalue weighted by atomic mass is 16.6. The van der Waals surface area contributed by atoms with Crippen molar-refractivity contribution in [1.29, 1.82) is 0 Å². The molecular formula is C26H36N2O4. The molecule has 0 amide bonds. The van der Waals surface area contributed by atoms with E-state index in [0.29, 0.717) is 5.92 Å². The number of nitrogens with zero attached hydrogens (tertiary/aromatic N) is 2. The molecular weight excluding hydrogens is 404 g/mol. The van der Waals surface area contributed by atoms with Gasteiger partial charge in [0, 0.05) is 55.8 Å². The molecule has 3 aliphatic heterocycles. The van der Waals surface area contributed by atoms with Crippen molar-refractivity contribution < 1.29 is 19.0 Å². The van der Waals surface area contributed by atoms with E-state index in [4.69, 9.17) is 14.2 Å². The number of hydrogen-bond acceptors (Lipinski definition) is 6. The molecule has 1 aromatic carbocycles. The lowest BCUT2D eigenvalue weighted by molar-refractivity contribution is -0.146. The fourth-order valence-corrected chi connectivity index (χ4v) is 7.72. The Kier molecular flexibility index (Phi) is 4.78. The Morgan fingerprint density at radius 2 is 2.03 bits per heavy atom. The lowest BCUT2D eigenvalue weighted by atomic mass is 9.53. The minimum atomic E-state index is -0.0496. The molecule has 0 aromatic heterocycles. The van der Waals surface area contributed by atoms with Gasteiger partial charge in [-0.05, 0) is 37.3 Å². The van der Waals surface area contributed by atoms with Crippen LogP contribution in [-0.4, -0.2) is 68.5 Å². The van der Waals surface area contributed by atoms with E-state index in [0.717, 1.165) is 44.9 Å². The standard InChI is InChI=1S/C26H36N2O4/c1-17-6-5-9-25(2)15-21-22(23-26(17,25)32-23)20(24(29)31-21)16-27-10-12-28(13-11-27)18-7-4-8-19(14-18)30-3/h4,7-8,14,17,20-23H,5-6,9-13,15-16H2,1-3H3/t17-,20?,21+,22+,23-,25+,26-/m0/s1. The van der Waals surface area contributed by atoms with Crippen LogP contribution in [0.15, 0.2) is 24.3 Å². The van der Waals surface area contributed by atoms with Crippen LogP contribution in [0.25, 0.3) is 0 Å². The summed E-state index contributed by atoms with van der Waals surface area (Å²) in [6, 6.07) is 8.27. The van der Waals surface area contributed by atoms with E-state index < -0.39 is 0 Å². The van der Waals surface area contributed by atoms with Crippen LogP contribution in [0.1, 0.15) is 39.5 Å². The Morgan fingerprint density at radius 3 is 2.81 bits per heavy atom. The van der Waals surface area contributed by atoms with Gasteiger partial charge in [0.25, 0.3) is 0 Å². The summed E-state index contributed by atoms with van der Waals surface area (Å²) in [5, 5.41) is 0. The smallest absolute Gasteiger partial charge is 0.311 e. The van der Waals surface area contributed by atoms with Gasteiger partial charge in [-0.1, -0.05) is 26.3 Å². The lowest BCUT2D eigenvalue weighted by Gasteiger charge is -2.49. The molecule has 2 saturated carbocycles. The molecule has 3 heterocycles. The molecule has 0 N–H and O–H groups in total. The van der Waals surface area contributed by atoms with Gasteiger partial charge in [-0.25, -0.2) is 0 Å². The molecule has 1 unspecified atom stereocenters. The first-order valence-corrected chi connectivity index (χ1v) is 12.4. The van der Waals surface area contributed by atoms with Crippen LogP contribution >= 0.6 is 0 Å². The topological polar surface area (TPSA) is 54.5 Å². The van der Waals surface area contributed by atoms with Crippen LogP contribution in [-0.2, 0) is 14.3 Å². The zero-order valence-corrected chi connectivity index (χ0v) is 19.6. The molecule has 3 saturated heterocycles. The van der Waals surface area contributed by atoms with Gasteiger partial charge in [0.15, 0.2) is 0 Å². The largest absolute Gasteiger partial charge is 0.497 e. The summed E-state index contributed by atoms with van der Waals surface area (Å²) in [7, 11) is 1.71. The molecule has 5 aliphatic rings. The average Bonchev–Trinajstić information content (AvgIpc) is 3.48. The first-order valence-electron chi connectivity index (χ1n) is 12.4. The minimum Gasteiger partial charge on any atom is -0.497 e. The highest BCUT2D eigenvalue weighted by Gasteiger charge is 2.78. The summed E-state index contributed by atoms with van der Waals surface area (Å²) in [4.78, 5) is 17.9. The summed E-state index contributed by atoms with van der Waals surface area (Å²) in [6.45, 7) is 9.39. The Hall–Kier alpha value is -1.79. The van der Waals surface area contributed by atoms with Crippen molar-refractivity contribution in [1.82, 2.24) is 4.90 Å². The van der Waals surface area contributed by atoms with Crippen molar-refractivity contribution in [3.8, 4) is 5.75 Å². The van der Waals surface area contributed by atoms with Gasteiger partial charge in [-0.15, -0.1) is 0 Å². The molecule has 6 nitrogen and oxygen atoms in total. The van der Waals surface area contributed by atoms with Gasteiger partial charge < -0.3 is 19.1 Å². The number of methoxy groups -OCH3 is 1. The van der Waals surface area contributed by atoms with E-state index in [1.54, 1.807) is 7.11 Å². The molecule has 6 heteroatoms. The van der Waals surface area contributed by atoms with Gasteiger partial charge in [0.05, 0.1) is 19.1 Å². The molecule has 5 fully saturated rings. The van der Waals surface area contributed by atoms with Gasteiger partial charge in [-0.2, -0.15) is 0 Å². The number of esters is 1. The van der Waals surface area contributed by atoms with E-state index in [9.17, 15) is 4.79 Å².